The first-order chi connectivity index (χ1) is 9.08. The van der Waals surface area contributed by atoms with Gasteiger partial charge in [-0.15, -0.1) is 0 Å². The molecular weight excluding hydrogens is 376 g/mol. The molecule has 0 atom stereocenters. The van der Waals surface area contributed by atoms with Crippen molar-refractivity contribution in [3.8, 4) is 0 Å². The van der Waals surface area contributed by atoms with Crippen LogP contribution in [0, 0.1) is 0 Å². The Hall–Kier alpha value is -0.660. The van der Waals surface area contributed by atoms with Crippen LogP contribution in [0.4, 0.5) is 5.82 Å². The number of aromatic nitrogens is 1. The number of piperazine rings is 1. The fourth-order valence-electron chi connectivity index (χ4n) is 1.98. The molecule has 1 amide bonds. The summed E-state index contributed by atoms with van der Waals surface area (Å²) in [5.74, 6) is 0.910. The third-order valence-electron chi connectivity index (χ3n) is 2.99. The number of anilines is 1. The van der Waals surface area contributed by atoms with Crippen molar-refractivity contribution in [2.75, 3.05) is 44.7 Å². The molecule has 1 saturated heterocycles. The molecule has 1 fully saturated rings. The second-order valence-corrected chi connectivity index (χ2v) is 6.22. The Morgan fingerprint density at radius 1 is 1.47 bits per heavy atom. The standard InChI is InChI=1S/C12H16Br2N4O/c1-17(12-10(14)6-9(13)7-16-12)8-11(19)18-4-2-15-3-5-18/h6-7,15H,2-5,8H2,1H3. The Morgan fingerprint density at radius 2 is 2.16 bits per heavy atom. The largest absolute Gasteiger partial charge is 0.349 e. The molecule has 0 aliphatic carbocycles. The Morgan fingerprint density at radius 3 is 2.79 bits per heavy atom. The number of nitrogens with zero attached hydrogens (tertiary/aromatic N) is 3. The van der Waals surface area contributed by atoms with Gasteiger partial charge >= 0.3 is 0 Å². The molecule has 1 aliphatic rings. The lowest BCUT2D eigenvalue weighted by Crippen LogP contribution is -2.49. The molecule has 0 spiro atoms. The van der Waals surface area contributed by atoms with Gasteiger partial charge in [-0.05, 0) is 37.9 Å². The summed E-state index contributed by atoms with van der Waals surface area (Å²) in [4.78, 5) is 20.2. The van der Waals surface area contributed by atoms with Crippen LogP contribution in [0.2, 0.25) is 0 Å². The van der Waals surface area contributed by atoms with Crippen molar-refractivity contribution in [2.24, 2.45) is 0 Å². The Balaban J connectivity index is 1.99. The summed E-state index contributed by atoms with van der Waals surface area (Å²) in [6.45, 7) is 3.64. The lowest BCUT2D eigenvalue weighted by Gasteiger charge is -2.29. The van der Waals surface area contributed by atoms with Crippen molar-refractivity contribution in [3.05, 3.63) is 21.2 Å². The summed E-state index contributed by atoms with van der Waals surface area (Å²) in [6, 6.07) is 1.92. The van der Waals surface area contributed by atoms with E-state index in [1.54, 1.807) is 6.20 Å². The van der Waals surface area contributed by atoms with Crippen molar-refractivity contribution in [1.29, 1.82) is 0 Å². The van der Waals surface area contributed by atoms with E-state index in [0.717, 1.165) is 40.9 Å². The minimum Gasteiger partial charge on any atom is -0.349 e. The summed E-state index contributed by atoms with van der Waals surface area (Å²) < 4.78 is 1.78. The van der Waals surface area contributed by atoms with Crippen LogP contribution in [0.15, 0.2) is 21.2 Å². The van der Waals surface area contributed by atoms with Gasteiger partial charge in [0.1, 0.15) is 5.82 Å². The van der Waals surface area contributed by atoms with E-state index in [9.17, 15) is 4.79 Å². The van der Waals surface area contributed by atoms with Gasteiger partial charge in [0.05, 0.1) is 11.0 Å². The van der Waals surface area contributed by atoms with Crippen LogP contribution in [-0.4, -0.2) is 55.6 Å². The summed E-state index contributed by atoms with van der Waals surface area (Å²) in [7, 11) is 1.88. The van der Waals surface area contributed by atoms with Crippen LogP contribution in [-0.2, 0) is 4.79 Å². The van der Waals surface area contributed by atoms with E-state index in [1.807, 2.05) is 22.9 Å². The molecule has 5 nitrogen and oxygen atoms in total. The van der Waals surface area contributed by atoms with Crippen molar-refractivity contribution < 1.29 is 4.79 Å². The highest BCUT2D eigenvalue weighted by Gasteiger charge is 2.19. The number of pyridine rings is 1. The fourth-order valence-corrected chi connectivity index (χ4v) is 3.27. The number of likely N-dealkylation sites (N-methyl/N-ethyl adjacent to an activating group) is 1. The van der Waals surface area contributed by atoms with E-state index >= 15 is 0 Å². The second kappa shape index (κ2) is 6.67. The summed E-state index contributed by atoms with van der Waals surface area (Å²) >= 11 is 6.83. The molecule has 0 bridgehead atoms. The van der Waals surface area contributed by atoms with Crippen LogP contribution in [0.25, 0.3) is 0 Å². The number of rotatable bonds is 3. The zero-order valence-electron chi connectivity index (χ0n) is 10.7. The number of nitrogens with one attached hydrogen (secondary N) is 1. The van der Waals surface area contributed by atoms with Crippen molar-refractivity contribution in [3.63, 3.8) is 0 Å². The average molecular weight is 392 g/mol. The lowest BCUT2D eigenvalue weighted by atomic mass is 10.3. The molecule has 0 unspecified atom stereocenters. The first kappa shape index (κ1) is 14.7. The van der Waals surface area contributed by atoms with Crippen molar-refractivity contribution in [1.82, 2.24) is 15.2 Å². The van der Waals surface area contributed by atoms with Crippen molar-refractivity contribution >= 4 is 43.6 Å². The van der Waals surface area contributed by atoms with Gasteiger partial charge in [0, 0.05) is 43.9 Å². The van der Waals surface area contributed by atoms with E-state index in [1.165, 1.54) is 0 Å². The van der Waals surface area contributed by atoms with Gasteiger partial charge in [-0.2, -0.15) is 0 Å². The molecule has 1 N–H and O–H groups in total. The van der Waals surface area contributed by atoms with Crippen LogP contribution in [0.3, 0.4) is 0 Å². The number of hydrogen-bond acceptors (Lipinski definition) is 4. The fraction of sp³-hybridized carbons (Fsp3) is 0.500. The minimum absolute atomic E-state index is 0.139. The number of halogens is 2. The average Bonchev–Trinajstić information content (AvgIpc) is 2.39. The van der Waals surface area contributed by atoms with Gasteiger partial charge in [-0.3, -0.25) is 4.79 Å². The van der Waals surface area contributed by atoms with Gasteiger partial charge < -0.3 is 15.1 Å². The zero-order valence-corrected chi connectivity index (χ0v) is 13.9. The quantitative estimate of drug-likeness (QED) is 0.847. The van der Waals surface area contributed by atoms with Crippen molar-refractivity contribution in [2.45, 2.75) is 0 Å². The second-order valence-electron chi connectivity index (χ2n) is 4.45. The van der Waals surface area contributed by atoms with E-state index in [0.29, 0.717) is 6.54 Å². The molecule has 104 valence electrons. The molecular formula is C12H16Br2N4O. The Kier molecular flexibility index (Phi) is 5.18. The lowest BCUT2D eigenvalue weighted by molar-refractivity contribution is -0.130. The summed E-state index contributed by atoms with van der Waals surface area (Å²) in [5.41, 5.74) is 0. The topological polar surface area (TPSA) is 48.5 Å². The highest BCUT2D eigenvalue weighted by Crippen LogP contribution is 2.25. The first-order valence-corrected chi connectivity index (χ1v) is 7.67. The minimum atomic E-state index is 0.139. The van der Waals surface area contributed by atoms with Gasteiger partial charge in [0.15, 0.2) is 0 Å². The maximum absolute atomic E-state index is 12.2. The maximum Gasteiger partial charge on any atom is 0.242 e. The van der Waals surface area contributed by atoms with E-state index < -0.39 is 0 Å². The predicted molar refractivity (Wildman–Crippen MR) is 82.4 cm³/mol. The smallest absolute Gasteiger partial charge is 0.242 e. The van der Waals surface area contributed by atoms with Crippen LogP contribution >= 0.6 is 31.9 Å². The number of carbonyl (C=O) groups excluding carboxylic acids is 1. The molecule has 1 aromatic heterocycles. The van der Waals surface area contributed by atoms with Crippen LogP contribution in [0.5, 0.6) is 0 Å². The van der Waals surface area contributed by atoms with Gasteiger partial charge in [0.2, 0.25) is 5.91 Å². The summed E-state index contributed by atoms with van der Waals surface area (Å²) in [5, 5.41) is 3.24. The molecule has 0 saturated carbocycles. The molecule has 19 heavy (non-hydrogen) atoms. The molecule has 2 rings (SSSR count). The maximum atomic E-state index is 12.2. The van der Waals surface area contributed by atoms with E-state index in [-0.39, 0.29) is 5.91 Å². The monoisotopic (exact) mass is 390 g/mol. The van der Waals surface area contributed by atoms with E-state index in [2.05, 4.69) is 42.2 Å². The number of amides is 1. The molecule has 2 heterocycles. The van der Waals surface area contributed by atoms with Gasteiger partial charge in [0.25, 0.3) is 0 Å². The molecule has 0 aromatic carbocycles. The molecule has 1 aliphatic heterocycles. The highest BCUT2D eigenvalue weighted by molar-refractivity contribution is 9.11. The summed E-state index contributed by atoms with van der Waals surface area (Å²) in [6.07, 6.45) is 1.73. The number of carbonyl (C=O) groups is 1. The van der Waals surface area contributed by atoms with Crippen LogP contribution in [0.1, 0.15) is 0 Å². The number of hydrogen-bond donors (Lipinski definition) is 1. The third kappa shape index (κ3) is 3.90. The normalized spacial score (nSPS) is 15.4. The molecule has 1 aromatic rings. The molecule has 7 heteroatoms. The highest BCUT2D eigenvalue weighted by atomic mass is 79.9. The van der Waals surface area contributed by atoms with Gasteiger partial charge in [-0.25, -0.2) is 4.98 Å². The van der Waals surface area contributed by atoms with Crippen LogP contribution < -0.4 is 10.2 Å². The van der Waals surface area contributed by atoms with Gasteiger partial charge in [-0.1, -0.05) is 0 Å². The Labute approximate surface area is 129 Å². The third-order valence-corrected chi connectivity index (χ3v) is 4.01. The zero-order chi connectivity index (χ0) is 13.8. The predicted octanol–water partition coefficient (Wildman–Crippen LogP) is 1.47. The molecule has 0 radical (unpaired) electrons. The SMILES string of the molecule is CN(CC(=O)N1CCNCC1)c1ncc(Br)cc1Br. The Bertz CT molecular complexity index is 463. The van der Waals surface area contributed by atoms with E-state index in [4.69, 9.17) is 0 Å². The first-order valence-electron chi connectivity index (χ1n) is 6.08.